The van der Waals surface area contributed by atoms with Crippen molar-refractivity contribution < 1.29 is 19.0 Å². The zero-order valence-electron chi connectivity index (χ0n) is 10.4. The van der Waals surface area contributed by atoms with E-state index in [2.05, 4.69) is 0 Å². The van der Waals surface area contributed by atoms with Gasteiger partial charge >= 0.3 is 5.97 Å². The zero-order chi connectivity index (χ0) is 13.8. The summed E-state index contributed by atoms with van der Waals surface area (Å²) in [7, 11) is 0. The summed E-state index contributed by atoms with van der Waals surface area (Å²) in [6.07, 6.45) is 0. The number of benzene rings is 2. The second kappa shape index (κ2) is 5.52. The van der Waals surface area contributed by atoms with Gasteiger partial charge in [0.1, 0.15) is 6.61 Å². The lowest BCUT2D eigenvalue weighted by Gasteiger charge is -2.10. The molecule has 0 bridgehead atoms. The van der Waals surface area contributed by atoms with E-state index in [-0.39, 0.29) is 23.5 Å². The fourth-order valence-corrected chi connectivity index (χ4v) is 1.74. The number of aromatic carboxylic acids is 1. The summed E-state index contributed by atoms with van der Waals surface area (Å²) < 4.78 is 19.3. The molecular formula is C15H13FO3. The molecule has 0 saturated heterocycles. The summed E-state index contributed by atoms with van der Waals surface area (Å²) in [5.74, 6) is -1.71. The largest absolute Gasteiger partial charge is 0.486 e. The van der Waals surface area contributed by atoms with Crippen LogP contribution in [0.4, 0.5) is 4.39 Å². The molecular weight excluding hydrogens is 247 g/mol. The van der Waals surface area contributed by atoms with Crippen molar-refractivity contribution in [1.82, 2.24) is 0 Å². The molecule has 3 nitrogen and oxygen atoms in total. The van der Waals surface area contributed by atoms with Crippen molar-refractivity contribution in [3.05, 3.63) is 65.0 Å². The molecule has 0 heterocycles. The van der Waals surface area contributed by atoms with Gasteiger partial charge in [-0.1, -0.05) is 30.3 Å². The standard InChI is InChI=1S/C15H13FO3/c1-10-12(15(17)18)7-8-13(14(10)16)19-9-11-5-3-2-4-6-11/h2-8H,9H2,1H3,(H,17,18). The van der Waals surface area contributed by atoms with Gasteiger partial charge in [0.15, 0.2) is 11.6 Å². The van der Waals surface area contributed by atoms with Crippen LogP contribution in [0.5, 0.6) is 5.75 Å². The number of hydrogen-bond donors (Lipinski definition) is 1. The van der Waals surface area contributed by atoms with Crippen molar-refractivity contribution >= 4 is 5.97 Å². The second-order valence-corrected chi connectivity index (χ2v) is 4.13. The summed E-state index contributed by atoms with van der Waals surface area (Å²) in [6.45, 7) is 1.66. The van der Waals surface area contributed by atoms with Gasteiger partial charge in [0.25, 0.3) is 0 Å². The summed E-state index contributed by atoms with van der Waals surface area (Å²) >= 11 is 0. The number of ether oxygens (including phenoxy) is 1. The molecule has 0 aliphatic carbocycles. The molecule has 4 heteroatoms. The molecule has 0 saturated carbocycles. The number of carboxylic acids is 1. The predicted octanol–water partition coefficient (Wildman–Crippen LogP) is 3.41. The minimum atomic E-state index is -1.15. The van der Waals surface area contributed by atoms with Crippen LogP contribution in [0, 0.1) is 12.7 Å². The van der Waals surface area contributed by atoms with Gasteiger partial charge in [-0.2, -0.15) is 0 Å². The van der Waals surface area contributed by atoms with E-state index < -0.39 is 11.8 Å². The molecule has 0 atom stereocenters. The molecule has 1 N–H and O–H groups in total. The van der Waals surface area contributed by atoms with Crippen LogP contribution in [0.1, 0.15) is 21.5 Å². The molecule has 0 aliphatic rings. The SMILES string of the molecule is Cc1c(C(=O)O)ccc(OCc2ccccc2)c1F. The first-order valence-corrected chi connectivity index (χ1v) is 5.78. The van der Waals surface area contributed by atoms with Crippen LogP contribution in [0.15, 0.2) is 42.5 Å². The van der Waals surface area contributed by atoms with Crippen molar-refractivity contribution in [2.24, 2.45) is 0 Å². The van der Waals surface area contributed by atoms with Gasteiger partial charge in [-0.05, 0) is 24.6 Å². The predicted molar refractivity (Wildman–Crippen MR) is 68.9 cm³/mol. The fraction of sp³-hybridized carbons (Fsp3) is 0.133. The average Bonchev–Trinajstić information content (AvgIpc) is 2.41. The summed E-state index contributed by atoms with van der Waals surface area (Å²) in [5.41, 5.74) is 0.949. The Morgan fingerprint density at radius 1 is 1.21 bits per heavy atom. The summed E-state index contributed by atoms with van der Waals surface area (Å²) in [5, 5.41) is 8.88. The highest BCUT2D eigenvalue weighted by atomic mass is 19.1. The average molecular weight is 260 g/mol. The second-order valence-electron chi connectivity index (χ2n) is 4.13. The van der Waals surface area contributed by atoms with Crippen LogP contribution in [0.3, 0.4) is 0 Å². The van der Waals surface area contributed by atoms with Crippen molar-refractivity contribution in [3.63, 3.8) is 0 Å². The van der Waals surface area contributed by atoms with E-state index in [1.807, 2.05) is 30.3 Å². The Morgan fingerprint density at radius 2 is 1.89 bits per heavy atom. The Kier molecular flexibility index (Phi) is 3.80. The van der Waals surface area contributed by atoms with Crippen LogP contribution in [0.25, 0.3) is 0 Å². The lowest BCUT2D eigenvalue weighted by molar-refractivity contribution is 0.0695. The van der Waals surface area contributed by atoms with E-state index in [0.717, 1.165) is 5.56 Å². The molecule has 0 aliphatic heterocycles. The third-order valence-electron chi connectivity index (χ3n) is 2.82. The Hall–Kier alpha value is -2.36. The van der Waals surface area contributed by atoms with E-state index in [4.69, 9.17) is 9.84 Å². The first kappa shape index (κ1) is 13.1. The Bertz CT molecular complexity index is 594. The maximum absolute atomic E-state index is 13.9. The Labute approximate surface area is 110 Å². The van der Waals surface area contributed by atoms with Crippen molar-refractivity contribution in [3.8, 4) is 5.75 Å². The number of carbonyl (C=O) groups is 1. The lowest BCUT2D eigenvalue weighted by atomic mass is 10.1. The normalized spacial score (nSPS) is 10.2. The third-order valence-corrected chi connectivity index (χ3v) is 2.82. The highest BCUT2D eigenvalue weighted by Gasteiger charge is 2.15. The minimum absolute atomic E-state index is 0.0513. The topological polar surface area (TPSA) is 46.5 Å². The van der Waals surface area contributed by atoms with E-state index >= 15 is 0 Å². The summed E-state index contributed by atoms with van der Waals surface area (Å²) in [6, 6.07) is 12.1. The first-order chi connectivity index (χ1) is 9.09. The molecule has 19 heavy (non-hydrogen) atoms. The van der Waals surface area contributed by atoms with Crippen LogP contribution in [-0.2, 0) is 6.61 Å². The quantitative estimate of drug-likeness (QED) is 0.916. The van der Waals surface area contributed by atoms with Gasteiger partial charge in [-0.25, -0.2) is 9.18 Å². The van der Waals surface area contributed by atoms with Gasteiger partial charge in [-0.3, -0.25) is 0 Å². The fourth-order valence-electron chi connectivity index (χ4n) is 1.74. The Balaban J connectivity index is 2.18. The first-order valence-electron chi connectivity index (χ1n) is 5.78. The van der Waals surface area contributed by atoms with Crippen LogP contribution >= 0.6 is 0 Å². The smallest absolute Gasteiger partial charge is 0.336 e. The lowest BCUT2D eigenvalue weighted by Crippen LogP contribution is -2.04. The molecule has 2 aromatic carbocycles. The van der Waals surface area contributed by atoms with Crippen molar-refractivity contribution in [2.75, 3.05) is 0 Å². The van der Waals surface area contributed by atoms with E-state index in [9.17, 15) is 9.18 Å². The molecule has 0 spiro atoms. The van der Waals surface area contributed by atoms with E-state index in [1.165, 1.54) is 19.1 Å². The number of carboxylic acid groups (broad SMARTS) is 1. The number of rotatable bonds is 4. The zero-order valence-corrected chi connectivity index (χ0v) is 10.4. The van der Waals surface area contributed by atoms with Crippen LogP contribution < -0.4 is 4.74 Å². The molecule has 2 rings (SSSR count). The highest BCUT2D eigenvalue weighted by Crippen LogP contribution is 2.24. The minimum Gasteiger partial charge on any atom is -0.486 e. The maximum Gasteiger partial charge on any atom is 0.336 e. The van der Waals surface area contributed by atoms with Crippen molar-refractivity contribution in [2.45, 2.75) is 13.5 Å². The Morgan fingerprint density at radius 3 is 2.53 bits per heavy atom. The third kappa shape index (κ3) is 2.91. The highest BCUT2D eigenvalue weighted by molar-refractivity contribution is 5.89. The van der Waals surface area contributed by atoms with Gasteiger partial charge in [0.2, 0.25) is 0 Å². The molecule has 0 unspecified atom stereocenters. The monoisotopic (exact) mass is 260 g/mol. The van der Waals surface area contributed by atoms with E-state index in [0.29, 0.717) is 0 Å². The molecule has 0 radical (unpaired) electrons. The summed E-state index contributed by atoms with van der Waals surface area (Å²) in [4.78, 5) is 10.9. The molecule has 0 fully saturated rings. The van der Waals surface area contributed by atoms with E-state index in [1.54, 1.807) is 0 Å². The van der Waals surface area contributed by atoms with Crippen LogP contribution in [0.2, 0.25) is 0 Å². The van der Waals surface area contributed by atoms with Gasteiger partial charge < -0.3 is 9.84 Å². The maximum atomic E-state index is 13.9. The van der Waals surface area contributed by atoms with Crippen LogP contribution in [-0.4, -0.2) is 11.1 Å². The van der Waals surface area contributed by atoms with Crippen molar-refractivity contribution in [1.29, 1.82) is 0 Å². The molecule has 98 valence electrons. The molecule has 2 aromatic rings. The number of halogens is 1. The number of hydrogen-bond acceptors (Lipinski definition) is 2. The molecule has 0 aromatic heterocycles. The van der Waals surface area contributed by atoms with Gasteiger partial charge in [0.05, 0.1) is 5.56 Å². The van der Waals surface area contributed by atoms with Gasteiger partial charge in [-0.15, -0.1) is 0 Å². The van der Waals surface area contributed by atoms with Gasteiger partial charge in [0, 0.05) is 5.56 Å². The molecule has 0 amide bonds.